The third-order valence-corrected chi connectivity index (χ3v) is 9.89. The average Bonchev–Trinajstić information content (AvgIpc) is 3.55. The van der Waals surface area contributed by atoms with Gasteiger partial charge < -0.3 is 15.2 Å². The van der Waals surface area contributed by atoms with Gasteiger partial charge in [0.15, 0.2) is 0 Å². The predicted molar refractivity (Wildman–Crippen MR) is 154 cm³/mol. The lowest BCUT2D eigenvalue weighted by Crippen LogP contribution is -2.61. The first-order chi connectivity index (χ1) is 19.4. The van der Waals surface area contributed by atoms with Crippen molar-refractivity contribution in [2.24, 2.45) is 0 Å². The number of H-pyrrole nitrogens is 1. The summed E-state index contributed by atoms with van der Waals surface area (Å²) < 4.78 is 31.4. The Labute approximate surface area is 234 Å². The van der Waals surface area contributed by atoms with Crippen LogP contribution in [0.3, 0.4) is 0 Å². The van der Waals surface area contributed by atoms with E-state index >= 15 is 0 Å². The highest BCUT2D eigenvalue weighted by molar-refractivity contribution is 7.86. The van der Waals surface area contributed by atoms with E-state index in [0.717, 1.165) is 40.8 Å². The van der Waals surface area contributed by atoms with Crippen LogP contribution in [0.5, 0.6) is 0 Å². The smallest absolute Gasteiger partial charge is 0.283 e. The van der Waals surface area contributed by atoms with Gasteiger partial charge in [-0.15, -0.1) is 0 Å². The Hall–Kier alpha value is -3.80. The Morgan fingerprint density at radius 2 is 1.70 bits per heavy atom. The molecule has 6 rings (SSSR count). The Morgan fingerprint density at radius 1 is 0.975 bits per heavy atom. The molecule has 1 aliphatic carbocycles. The fourth-order valence-corrected chi connectivity index (χ4v) is 7.41. The molecule has 2 aromatic carbocycles. The van der Waals surface area contributed by atoms with Crippen LogP contribution < -0.4 is 10.2 Å². The minimum Gasteiger partial charge on any atom is -0.353 e. The van der Waals surface area contributed by atoms with Gasteiger partial charge in [-0.2, -0.15) is 17.0 Å². The maximum Gasteiger partial charge on any atom is 0.283 e. The number of carbonyl (C=O) groups excluding carboxylic acids is 1. The molecule has 1 saturated heterocycles. The molecule has 1 spiro atoms. The fraction of sp³-hybridized carbons (Fsp3) is 0.345. The normalized spacial score (nSPS) is 17.0. The van der Waals surface area contributed by atoms with Crippen molar-refractivity contribution in [2.45, 2.75) is 31.3 Å². The number of nitrogens with zero attached hydrogens (tertiary/aromatic N) is 5. The highest BCUT2D eigenvalue weighted by atomic mass is 32.2. The first kappa shape index (κ1) is 26.4. The number of benzene rings is 2. The number of amides is 1. The van der Waals surface area contributed by atoms with Gasteiger partial charge in [-0.25, -0.2) is 9.97 Å². The third kappa shape index (κ3) is 5.45. The van der Waals surface area contributed by atoms with Crippen LogP contribution in [0, 0.1) is 0 Å². The van der Waals surface area contributed by atoms with Gasteiger partial charge >= 0.3 is 0 Å². The molecule has 10 nitrogen and oxygen atoms in total. The number of rotatable bonds is 10. The predicted octanol–water partition coefficient (Wildman–Crippen LogP) is 2.72. The molecular formula is C29H33N7O3S. The number of carbonyl (C=O) groups is 1. The summed E-state index contributed by atoms with van der Waals surface area (Å²) in [7, 11) is -3.91. The number of nitrogens with one attached hydrogen (secondary N) is 2. The second kappa shape index (κ2) is 11.0. The Balaban J connectivity index is 1.20. The first-order valence-corrected chi connectivity index (χ1v) is 15.0. The molecule has 3 heterocycles. The monoisotopic (exact) mass is 559 g/mol. The van der Waals surface area contributed by atoms with Gasteiger partial charge in [0.2, 0.25) is 5.91 Å². The summed E-state index contributed by atoms with van der Waals surface area (Å²) >= 11 is 0. The first-order valence-electron chi connectivity index (χ1n) is 13.6. The maximum atomic E-state index is 14.2. The van der Waals surface area contributed by atoms with Crippen LogP contribution in [0.15, 0.2) is 79.3 Å². The molecule has 0 radical (unpaired) electrons. The van der Waals surface area contributed by atoms with Gasteiger partial charge in [-0.1, -0.05) is 60.7 Å². The number of aromatic amines is 1. The summed E-state index contributed by atoms with van der Waals surface area (Å²) in [6, 6.07) is 21.3. The van der Waals surface area contributed by atoms with Crippen molar-refractivity contribution in [3.63, 3.8) is 0 Å². The van der Waals surface area contributed by atoms with Crippen molar-refractivity contribution < 1.29 is 13.2 Å². The van der Waals surface area contributed by atoms with Crippen molar-refractivity contribution in [3.8, 4) is 0 Å². The fourth-order valence-electron chi connectivity index (χ4n) is 5.49. The summed E-state index contributed by atoms with van der Waals surface area (Å²) in [5.74, 6) is 0.496. The van der Waals surface area contributed by atoms with E-state index in [1.165, 1.54) is 10.6 Å². The van der Waals surface area contributed by atoms with Crippen molar-refractivity contribution >= 4 is 33.0 Å². The van der Waals surface area contributed by atoms with E-state index < -0.39 is 15.7 Å². The minimum atomic E-state index is -3.91. The SMILES string of the molecule is O=C(CN(CCc1ccccc1)S(=O)(=O)N1CCN(c2ncnc3[nH]ccc23)CC12CC2)NCc1ccccc1. The van der Waals surface area contributed by atoms with Crippen LogP contribution in [0.2, 0.25) is 0 Å². The van der Waals surface area contributed by atoms with E-state index in [9.17, 15) is 13.2 Å². The van der Waals surface area contributed by atoms with Gasteiger partial charge in [0.05, 0.1) is 17.5 Å². The van der Waals surface area contributed by atoms with Gasteiger partial charge in [0.1, 0.15) is 17.8 Å². The molecule has 1 aliphatic heterocycles. The zero-order valence-corrected chi connectivity index (χ0v) is 23.1. The van der Waals surface area contributed by atoms with Crippen molar-refractivity contribution in [1.29, 1.82) is 0 Å². The van der Waals surface area contributed by atoms with Crippen LogP contribution in [0.4, 0.5) is 5.82 Å². The summed E-state index contributed by atoms with van der Waals surface area (Å²) in [4.78, 5) is 27.1. The molecule has 0 atom stereocenters. The molecular weight excluding hydrogens is 526 g/mol. The Morgan fingerprint density at radius 3 is 2.42 bits per heavy atom. The third-order valence-electron chi connectivity index (χ3n) is 7.80. The molecule has 40 heavy (non-hydrogen) atoms. The van der Waals surface area contributed by atoms with Crippen LogP contribution in [0.1, 0.15) is 24.0 Å². The molecule has 4 aromatic rings. The standard InChI is InChI=1S/C29H33N7O3S/c37-26(31-19-24-9-5-2-6-10-24)20-35(16-12-23-7-3-1-4-8-23)40(38,39)36-18-17-34(21-29(36)13-14-29)28-25-11-15-30-27(25)32-22-33-28/h1-11,15,22H,12-14,16-21H2,(H,31,37)(H,30,32,33). The van der Waals surface area contributed by atoms with E-state index in [-0.39, 0.29) is 19.0 Å². The lowest BCUT2D eigenvalue weighted by Gasteiger charge is -2.43. The Bertz CT molecular complexity index is 1570. The van der Waals surface area contributed by atoms with Gasteiger partial charge in [-0.05, 0) is 36.5 Å². The quantitative estimate of drug-likeness (QED) is 0.309. The molecule has 2 N–H and O–H groups in total. The molecule has 208 valence electrons. The lowest BCUT2D eigenvalue weighted by atomic mass is 10.1. The number of aromatic nitrogens is 3. The van der Waals surface area contributed by atoms with Crippen molar-refractivity contribution in [1.82, 2.24) is 28.9 Å². The van der Waals surface area contributed by atoms with E-state index in [1.807, 2.05) is 72.9 Å². The van der Waals surface area contributed by atoms with E-state index in [4.69, 9.17) is 0 Å². The molecule has 2 aromatic heterocycles. The zero-order valence-electron chi connectivity index (χ0n) is 22.2. The van der Waals surface area contributed by atoms with Gasteiger partial charge in [0.25, 0.3) is 10.2 Å². The highest BCUT2D eigenvalue weighted by Gasteiger charge is 2.57. The largest absolute Gasteiger partial charge is 0.353 e. The summed E-state index contributed by atoms with van der Waals surface area (Å²) in [6.07, 6.45) is 5.44. The number of piperazine rings is 1. The van der Waals surface area contributed by atoms with Crippen LogP contribution in [-0.2, 0) is 28.0 Å². The van der Waals surface area contributed by atoms with Gasteiger partial charge in [-0.3, -0.25) is 4.79 Å². The number of anilines is 1. The summed E-state index contributed by atoms with van der Waals surface area (Å²) in [5, 5.41) is 3.82. The average molecular weight is 560 g/mol. The second-order valence-electron chi connectivity index (χ2n) is 10.5. The molecule has 1 saturated carbocycles. The zero-order chi connectivity index (χ0) is 27.6. The number of fused-ring (bicyclic) bond motifs is 1. The van der Waals surface area contributed by atoms with Crippen molar-refractivity contribution in [2.75, 3.05) is 37.6 Å². The second-order valence-corrected chi connectivity index (χ2v) is 12.3. The minimum absolute atomic E-state index is 0.220. The van der Waals surface area contributed by atoms with Crippen molar-refractivity contribution in [3.05, 3.63) is 90.4 Å². The molecule has 0 bridgehead atoms. The maximum absolute atomic E-state index is 14.2. The van der Waals surface area contributed by atoms with Gasteiger partial charge in [0, 0.05) is 38.9 Å². The molecule has 2 fully saturated rings. The van der Waals surface area contributed by atoms with E-state index in [0.29, 0.717) is 32.6 Å². The molecule has 11 heteroatoms. The van der Waals surface area contributed by atoms with Crippen LogP contribution >= 0.6 is 0 Å². The van der Waals surface area contributed by atoms with E-state index in [1.54, 1.807) is 4.31 Å². The molecule has 1 amide bonds. The van der Waals surface area contributed by atoms with E-state index in [2.05, 4.69) is 25.2 Å². The highest BCUT2D eigenvalue weighted by Crippen LogP contribution is 2.47. The van der Waals surface area contributed by atoms with Crippen LogP contribution in [0.25, 0.3) is 11.0 Å². The summed E-state index contributed by atoms with van der Waals surface area (Å²) in [5.41, 5.74) is 2.25. The number of hydrogen-bond acceptors (Lipinski definition) is 6. The molecule has 2 aliphatic rings. The lowest BCUT2D eigenvalue weighted by molar-refractivity contribution is -0.121. The topological polar surface area (TPSA) is 115 Å². The molecule has 0 unspecified atom stereocenters. The van der Waals surface area contributed by atoms with Crippen LogP contribution in [-0.4, -0.2) is 76.2 Å². The Kier molecular flexibility index (Phi) is 7.26. The summed E-state index contributed by atoms with van der Waals surface area (Å²) in [6.45, 7) is 1.72. The number of hydrogen-bond donors (Lipinski definition) is 2.